The highest BCUT2D eigenvalue weighted by molar-refractivity contribution is 6.02. The first-order valence-corrected chi connectivity index (χ1v) is 7.69. The Morgan fingerprint density at radius 3 is 2.84 bits per heavy atom. The molecule has 2 aliphatic rings. The van der Waals surface area contributed by atoms with Gasteiger partial charge in [0.25, 0.3) is 11.6 Å². The first kappa shape index (κ1) is 18.9. The van der Waals surface area contributed by atoms with Gasteiger partial charge >= 0.3 is 0 Å². The molecule has 0 bridgehead atoms. The third-order valence-corrected chi connectivity index (χ3v) is 4.16. The van der Waals surface area contributed by atoms with Crippen molar-refractivity contribution in [1.29, 1.82) is 0 Å². The van der Waals surface area contributed by atoms with Crippen molar-refractivity contribution < 1.29 is 19.2 Å². The predicted octanol–water partition coefficient (Wildman–Crippen LogP) is 0.596. The van der Waals surface area contributed by atoms with E-state index in [1.807, 2.05) is 0 Å². The van der Waals surface area contributed by atoms with E-state index < -0.39 is 10.8 Å². The summed E-state index contributed by atoms with van der Waals surface area (Å²) < 4.78 is 5.25. The molecule has 2 amide bonds. The lowest BCUT2D eigenvalue weighted by molar-refractivity contribution is -0.384. The summed E-state index contributed by atoms with van der Waals surface area (Å²) in [6.07, 6.45) is 2.16. The van der Waals surface area contributed by atoms with Crippen molar-refractivity contribution in [3.63, 3.8) is 0 Å². The molecule has 1 heterocycles. The molecule has 1 unspecified atom stereocenters. The van der Waals surface area contributed by atoms with Crippen molar-refractivity contribution >= 4 is 35.6 Å². The molecular formula is C15H19ClN4O5. The molecule has 1 atom stereocenters. The van der Waals surface area contributed by atoms with E-state index in [1.54, 1.807) is 0 Å². The van der Waals surface area contributed by atoms with Crippen LogP contribution in [0.15, 0.2) is 18.2 Å². The number of anilines is 1. The molecule has 1 fully saturated rings. The summed E-state index contributed by atoms with van der Waals surface area (Å²) in [6.45, 7) is -0.0861. The molecular weight excluding hydrogens is 352 g/mol. The molecule has 136 valence electrons. The van der Waals surface area contributed by atoms with Gasteiger partial charge in [-0.15, -0.1) is 12.4 Å². The normalized spacial score (nSPS) is 17.0. The SMILES string of the molecule is Cl.NC(CNC(=O)CN1C(=O)COc2ccc([N+](=O)[O-])cc21)C1CC1. The second kappa shape index (κ2) is 7.66. The van der Waals surface area contributed by atoms with Gasteiger partial charge in [-0.05, 0) is 24.8 Å². The van der Waals surface area contributed by atoms with Gasteiger partial charge in [0.05, 0.1) is 10.6 Å². The predicted molar refractivity (Wildman–Crippen MR) is 91.9 cm³/mol. The largest absolute Gasteiger partial charge is 0.482 e. The van der Waals surface area contributed by atoms with Gasteiger partial charge in [0.1, 0.15) is 12.3 Å². The number of halogens is 1. The van der Waals surface area contributed by atoms with Crippen LogP contribution in [0.25, 0.3) is 0 Å². The van der Waals surface area contributed by atoms with Crippen molar-refractivity contribution in [3.05, 3.63) is 28.3 Å². The van der Waals surface area contributed by atoms with Gasteiger partial charge in [-0.25, -0.2) is 0 Å². The molecule has 0 spiro atoms. The summed E-state index contributed by atoms with van der Waals surface area (Å²) in [5.74, 6) is 0.00446. The van der Waals surface area contributed by atoms with E-state index in [0.717, 1.165) is 12.8 Å². The number of nitro benzene ring substituents is 1. The minimum atomic E-state index is -0.563. The second-order valence-electron chi connectivity index (χ2n) is 5.98. The lowest BCUT2D eigenvalue weighted by atomic mass is 10.2. The summed E-state index contributed by atoms with van der Waals surface area (Å²) in [7, 11) is 0. The van der Waals surface area contributed by atoms with Crippen molar-refractivity contribution in [2.45, 2.75) is 18.9 Å². The van der Waals surface area contributed by atoms with Gasteiger partial charge in [-0.1, -0.05) is 0 Å². The van der Waals surface area contributed by atoms with Crippen molar-refractivity contribution in [2.75, 3.05) is 24.6 Å². The monoisotopic (exact) mass is 370 g/mol. The highest BCUT2D eigenvalue weighted by Gasteiger charge is 2.31. The number of hydrogen-bond donors (Lipinski definition) is 2. The average molecular weight is 371 g/mol. The summed E-state index contributed by atoms with van der Waals surface area (Å²) in [5, 5.41) is 13.6. The maximum atomic E-state index is 12.1. The molecule has 0 aromatic heterocycles. The molecule has 10 heteroatoms. The Morgan fingerprint density at radius 1 is 1.48 bits per heavy atom. The number of ether oxygens (including phenoxy) is 1. The van der Waals surface area contributed by atoms with E-state index in [0.29, 0.717) is 18.2 Å². The number of carbonyl (C=O) groups excluding carboxylic acids is 2. The van der Waals surface area contributed by atoms with Crippen LogP contribution in [-0.4, -0.2) is 42.5 Å². The first-order chi connectivity index (χ1) is 11.5. The van der Waals surface area contributed by atoms with Crippen molar-refractivity contribution in [1.82, 2.24) is 5.32 Å². The molecule has 1 saturated carbocycles. The summed E-state index contributed by atoms with van der Waals surface area (Å²) in [4.78, 5) is 35.7. The quantitative estimate of drug-likeness (QED) is 0.557. The average Bonchev–Trinajstić information content (AvgIpc) is 3.39. The van der Waals surface area contributed by atoms with E-state index in [9.17, 15) is 19.7 Å². The Hall–Kier alpha value is -2.39. The number of non-ortho nitro benzene ring substituents is 1. The van der Waals surface area contributed by atoms with Crippen LogP contribution in [-0.2, 0) is 9.59 Å². The summed E-state index contributed by atoms with van der Waals surface area (Å²) >= 11 is 0. The summed E-state index contributed by atoms with van der Waals surface area (Å²) in [6, 6.07) is 3.87. The van der Waals surface area contributed by atoms with Gasteiger partial charge < -0.3 is 15.8 Å². The molecule has 3 N–H and O–H groups in total. The van der Waals surface area contributed by atoms with Crippen LogP contribution in [0.4, 0.5) is 11.4 Å². The Kier molecular flexibility index (Phi) is 5.81. The number of nitrogens with two attached hydrogens (primary N) is 1. The van der Waals surface area contributed by atoms with Crippen LogP contribution in [0.5, 0.6) is 5.75 Å². The molecule has 9 nitrogen and oxygen atoms in total. The maximum Gasteiger partial charge on any atom is 0.271 e. The molecule has 1 aromatic carbocycles. The molecule has 0 radical (unpaired) electrons. The van der Waals surface area contributed by atoms with Crippen LogP contribution in [0.2, 0.25) is 0 Å². The molecule has 1 aromatic rings. The number of nitrogens with zero attached hydrogens (tertiary/aromatic N) is 2. The minimum Gasteiger partial charge on any atom is -0.482 e. The Labute approximate surface area is 150 Å². The van der Waals surface area contributed by atoms with Crippen molar-refractivity contribution in [3.8, 4) is 5.75 Å². The van der Waals surface area contributed by atoms with E-state index in [4.69, 9.17) is 10.5 Å². The van der Waals surface area contributed by atoms with Crippen LogP contribution in [0.3, 0.4) is 0 Å². The third-order valence-electron chi connectivity index (χ3n) is 4.16. The molecule has 1 aliphatic heterocycles. The number of carbonyl (C=O) groups is 2. The third kappa shape index (κ3) is 4.37. The maximum absolute atomic E-state index is 12.1. The summed E-state index contributed by atoms with van der Waals surface area (Å²) in [5.41, 5.74) is 5.98. The topological polar surface area (TPSA) is 128 Å². The zero-order valence-corrected chi connectivity index (χ0v) is 14.2. The van der Waals surface area contributed by atoms with E-state index in [2.05, 4.69) is 5.32 Å². The fraction of sp³-hybridized carbons (Fsp3) is 0.467. The molecule has 1 aliphatic carbocycles. The Morgan fingerprint density at radius 2 is 2.20 bits per heavy atom. The van der Waals surface area contributed by atoms with Gasteiger partial charge in [0.15, 0.2) is 6.61 Å². The number of rotatable bonds is 6. The van der Waals surface area contributed by atoms with Gasteiger partial charge in [-0.3, -0.25) is 24.6 Å². The van der Waals surface area contributed by atoms with Gasteiger partial charge in [0, 0.05) is 24.7 Å². The fourth-order valence-electron chi connectivity index (χ4n) is 2.60. The van der Waals surface area contributed by atoms with Crippen LogP contribution < -0.4 is 20.7 Å². The number of hydrogen-bond acceptors (Lipinski definition) is 6. The molecule has 0 saturated heterocycles. The minimum absolute atomic E-state index is 0. The van der Waals surface area contributed by atoms with Crippen LogP contribution >= 0.6 is 12.4 Å². The first-order valence-electron chi connectivity index (χ1n) is 7.69. The molecule has 25 heavy (non-hydrogen) atoms. The van der Waals surface area contributed by atoms with Crippen molar-refractivity contribution in [2.24, 2.45) is 11.7 Å². The standard InChI is InChI=1S/C15H18N4O5.ClH/c16-11(9-1-2-9)6-17-14(20)7-18-12-5-10(19(22)23)3-4-13(12)24-8-15(18)21;/h3-5,9,11H,1-2,6-8,16H2,(H,17,20);1H. The van der Waals surface area contributed by atoms with Crippen LogP contribution in [0.1, 0.15) is 12.8 Å². The lowest BCUT2D eigenvalue weighted by Crippen LogP contribution is -2.47. The lowest BCUT2D eigenvalue weighted by Gasteiger charge is -2.28. The van der Waals surface area contributed by atoms with Crippen LogP contribution in [0, 0.1) is 16.0 Å². The van der Waals surface area contributed by atoms with E-state index in [1.165, 1.54) is 23.1 Å². The van der Waals surface area contributed by atoms with E-state index >= 15 is 0 Å². The number of nitrogens with one attached hydrogen (secondary N) is 1. The number of fused-ring (bicyclic) bond motifs is 1. The molecule has 3 rings (SSSR count). The second-order valence-corrected chi connectivity index (χ2v) is 5.98. The smallest absolute Gasteiger partial charge is 0.271 e. The zero-order valence-electron chi connectivity index (χ0n) is 13.3. The number of nitro groups is 1. The number of benzene rings is 1. The van der Waals surface area contributed by atoms with E-state index in [-0.39, 0.29) is 48.9 Å². The Bertz CT molecular complexity index is 694. The zero-order chi connectivity index (χ0) is 17.3. The highest BCUT2D eigenvalue weighted by Crippen LogP contribution is 2.35. The van der Waals surface area contributed by atoms with Gasteiger partial charge in [0.2, 0.25) is 5.91 Å². The number of amides is 2. The Balaban J connectivity index is 0.00000225. The van der Waals surface area contributed by atoms with Gasteiger partial charge in [-0.2, -0.15) is 0 Å². The fourth-order valence-corrected chi connectivity index (χ4v) is 2.60. The highest BCUT2D eigenvalue weighted by atomic mass is 35.5.